The molecule has 0 saturated carbocycles. The van der Waals surface area contributed by atoms with E-state index in [1.807, 2.05) is 30.3 Å². The van der Waals surface area contributed by atoms with Gasteiger partial charge in [-0.2, -0.15) is 0 Å². The molecule has 5 heteroatoms. The molecule has 0 radical (unpaired) electrons. The number of hydrogen-bond acceptors (Lipinski definition) is 4. The van der Waals surface area contributed by atoms with Gasteiger partial charge in [-0.05, 0) is 23.3 Å². The molecule has 0 unspecified atom stereocenters. The maximum Gasteiger partial charge on any atom is 0.234 e. The smallest absolute Gasteiger partial charge is 0.234 e. The van der Waals surface area contributed by atoms with Gasteiger partial charge in [-0.1, -0.05) is 42.5 Å². The number of rotatable bonds is 7. The van der Waals surface area contributed by atoms with Gasteiger partial charge < -0.3 is 10.1 Å². The van der Waals surface area contributed by atoms with E-state index in [1.165, 1.54) is 5.56 Å². The highest BCUT2D eigenvalue weighted by Crippen LogP contribution is 2.12. The highest BCUT2D eigenvalue weighted by molar-refractivity contribution is 5.78. The number of ether oxygens (including phenoxy) is 1. The molecule has 1 heterocycles. The maximum atomic E-state index is 12.2. The Kier molecular flexibility index (Phi) is 6.63. The van der Waals surface area contributed by atoms with Gasteiger partial charge in [-0.3, -0.25) is 14.6 Å². The van der Waals surface area contributed by atoms with Crippen molar-refractivity contribution < 1.29 is 9.53 Å². The molecule has 1 amide bonds. The van der Waals surface area contributed by atoms with Gasteiger partial charge in [0.15, 0.2) is 0 Å². The van der Waals surface area contributed by atoms with Crippen LogP contribution in [-0.4, -0.2) is 55.5 Å². The van der Waals surface area contributed by atoms with Crippen molar-refractivity contribution in [2.75, 3.05) is 39.8 Å². The van der Waals surface area contributed by atoms with Crippen molar-refractivity contribution in [3.05, 3.63) is 65.7 Å². The second-order valence-corrected chi connectivity index (χ2v) is 6.67. The monoisotopic (exact) mass is 353 g/mol. The summed E-state index contributed by atoms with van der Waals surface area (Å²) >= 11 is 0. The van der Waals surface area contributed by atoms with Crippen molar-refractivity contribution in [2.45, 2.75) is 13.1 Å². The minimum absolute atomic E-state index is 0.0735. The summed E-state index contributed by atoms with van der Waals surface area (Å²) in [6.07, 6.45) is 0. The van der Waals surface area contributed by atoms with Crippen LogP contribution in [0.25, 0.3) is 0 Å². The van der Waals surface area contributed by atoms with Crippen LogP contribution in [-0.2, 0) is 17.9 Å². The van der Waals surface area contributed by atoms with Gasteiger partial charge in [-0.15, -0.1) is 0 Å². The average molecular weight is 353 g/mol. The van der Waals surface area contributed by atoms with E-state index in [1.54, 1.807) is 7.11 Å². The van der Waals surface area contributed by atoms with Crippen LogP contribution >= 0.6 is 0 Å². The van der Waals surface area contributed by atoms with Crippen molar-refractivity contribution >= 4 is 5.91 Å². The number of carbonyl (C=O) groups is 1. The third-order valence-electron chi connectivity index (χ3n) is 4.70. The number of carbonyl (C=O) groups excluding carboxylic acids is 1. The van der Waals surface area contributed by atoms with Crippen molar-refractivity contribution in [2.24, 2.45) is 0 Å². The van der Waals surface area contributed by atoms with E-state index in [4.69, 9.17) is 4.74 Å². The first-order chi connectivity index (χ1) is 12.7. The minimum Gasteiger partial charge on any atom is -0.497 e. The first-order valence-corrected chi connectivity index (χ1v) is 9.11. The molecule has 26 heavy (non-hydrogen) atoms. The zero-order valence-corrected chi connectivity index (χ0v) is 15.4. The molecular weight excluding hydrogens is 326 g/mol. The number of benzene rings is 2. The van der Waals surface area contributed by atoms with E-state index >= 15 is 0 Å². The van der Waals surface area contributed by atoms with Crippen LogP contribution in [0.1, 0.15) is 11.1 Å². The van der Waals surface area contributed by atoms with Gasteiger partial charge in [0.05, 0.1) is 13.7 Å². The topological polar surface area (TPSA) is 44.8 Å². The zero-order valence-electron chi connectivity index (χ0n) is 15.4. The third-order valence-corrected chi connectivity index (χ3v) is 4.70. The van der Waals surface area contributed by atoms with Crippen LogP contribution in [0.5, 0.6) is 5.75 Å². The molecule has 1 fully saturated rings. The SMILES string of the molecule is COc1cccc(CNC(=O)CN2CCN(Cc3ccccc3)CC2)c1. The van der Waals surface area contributed by atoms with Crippen LogP contribution in [0.15, 0.2) is 54.6 Å². The van der Waals surface area contributed by atoms with Crippen LogP contribution < -0.4 is 10.1 Å². The van der Waals surface area contributed by atoms with E-state index in [-0.39, 0.29) is 5.91 Å². The normalized spacial score (nSPS) is 15.6. The average Bonchev–Trinajstić information content (AvgIpc) is 2.69. The lowest BCUT2D eigenvalue weighted by atomic mass is 10.2. The molecular formula is C21H27N3O2. The van der Waals surface area contributed by atoms with Crippen molar-refractivity contribution in [1.82, 2.24) is 15.1 Å². The van der Waals surface area contributed by atoms with E-state index in [9.17, 15) is 4.79 Å². The molecule has 3 rings (SSSR count). The minimum atomic E-state index is 0.0735. The van der Waals surface area contributed by atoms with Gasteiger partial charge in [-0.25, -0.2) is 0 Å². The first kappa shape index (κ1) is 18.4. The van der Waals surface area contributed by atoms with E-state index < -0.39 is 0 Å². The molecule has 1 aliphatic rings. The van der Waals surface area contributed by atoms with Crippen LogP contribution in [0.4, 0.5) is 0 Å². The Morgan fingerprint density at radius 3 is 2.38 bits per heavy atom. The van der Waals surface area contributed by atoms with Crippen LogP contribution in [0.2, 0.25) is 0 Å². The molecule has 1 N–H and O–H groups in total. The molecule has 5 nitrogen and oxygen atoms in total. The Hall–Kier alpha value is -2.37. The number of nitrogens with zero attached hydrogens (tertiary/aromatic N) is 2. The predicted molar refractivity (Wildman–Crippen MR) is 103 cm³/mol. The lowest BCUT2D eigenvalue weighted by Crippen LogP contribution is -2.49. The lowest BCUT2D eigenvalue weighted by molar-refractivity contribution is -0.122. The Morgan fingerprint density at radius 1 is 0.962 bits per heavy atom. The first-order valence-electron chi connectivity index (χ1n) is 9.11. The molecule has 0 spiro atoms. The number of nitrogens with one attached hydrogen (secondary N) is 1. The van der Waals surface area contributed by atoms with E-state index in [2.05, 4.69) is 39.4 Å². The van der Waals surface area contributed by atoms with Crippen LogP contribution in [0.3, 0.4) is 0 Å². The molecule has 0 aromatic heterocycles. The fraction of sp³-hybridized carbons (Fsp3) is 0.381. The summed E-state index contributed by atoms with van der Waals surface area (Å²) in [4.78, 5) is 16.9. The van der Waals surface area contributed by atoms with Crippen LogP contribution in [0, 0.1) is 0 Å². The summed E-state index contributed by atoms with van der Waals surface area (Å²) in [5, 5.41) is 3.00. The van der Waals surface area contributed by atoms with Gasteiger partial charge >= 0.3 is 0 Å². The molecule has 2 aromatic carbocycles. The standard InChI is InChI=1S/C21H27N3O2/c1-26-20-9-5-8-19(14-20)15-22-21(25)17-24-12-10-23(11-13-24)16-18-6-3-2-4-7-18/h2-9,14H,10-13,15-17H2,1H3,(H,22,25). The summed E-state index contributed by atoms with van der Waals surface area (Å²) in [5.74, 6) is 0.885. The molecule has 0 atom stereocenters. The second-order valence-electron chi connectivity index (χ2n) is 6.67. The number of methoxy groups -OCH3 is 1. The number of piperazine rings is 1. The molecule has 0 aliphatic carbocycles. The molecule has 0 bridgehead atoms. The van der Waals surface area contributed by atoms with Crippen molar-refractivity contribution in [1.29, 1.82) is 0 Å². The third kappa shape index (κ3) is 5.58. The molecule has 138 valence electrons. The Bertz CT molecular complexity index is 697. The fourth-order valence-electron chi connectivity index (χ4n) is 3.19. The van der Waals surface area contributed by atoms with E-state index in [0.717, 1.165) is 44.0 Å². The Morgan fingerprint density at radius 2 is 1.65 bits per heavy atom. The van der Waals surface area contributed by atoms with Gasteiger partial charge in [0.2, 0.25) is 5.91 Å². The summed E-state index contributed by atoms with van der Waals surface area (Å²) in [6, 6.07) is 18.3. The molecule has 2 aromatic rings. The highest BCUT2D eigenvalue weighted by atomic mass is 16.5. The van der Waals surface area contributed by atoms with Gasteiger partial charge in [0, 0.05) is 39.3 Å². The van der Waals surface area contributed by atoms with Gasteiger partial charge in [0.25, 0.3) is 0 Å². The number of amides is 1. The quantitative estimate of drug-likeness (QED) is 0.828. The Labute approximate surface area is 155 Å². The largest absolute Gasteiger partial charge is 0.497 e. The highest BCUT2D eigenvalue weighted by Gasteiger charge is 2.18. The van der Waals surface area contributed by atoms with Crippen molar-refractivity contribution in [3.8, 4) is 5.75 Å². The molecule has 1 aliphatic heterocycles. The zero-order chi connectivity index (χ0) is 18.2. The fourth-order valence-corrected chi connectivity index (χ4v) is 3.19. The van der Waals surface area contributed by atoms with Gasteiger partial charge in [0.1, 0.15) is 5.75 Å². The predicted octanol–water partition coefficient (Wildman–Crippen LogP) is 2.13. The van der Waals surface area contributed by atoms with Crippen molar-refractivity contribution in [3.63, 3.8) is 0 Å². The summed E-state index contributed by atoms with van der Waals surface area (Å²) in [5.41, 5.74) is 2.39. The second kappa shape index (κ2) is 9.36. The lowest BCUT2D eigenvalue weighted by Gasteiger charge is -2.34. The number of hydrogen-bond donors (Lipinski definition) is 1. The summed E-state index contributed by atoms with van der Waals surface area (Å²) in [7, 11) is 1.65. The van der Waals surface area contributed by atoms with E-state index in [0.29, 0.717) is 13.1 Å². The summed E-state index contributed by atoms with van der Waals surface area (Å²) in [6.45, 7) is 5.83. The Balaban J connectivity index is 1.38. The summed E-state index contributed by atoms with van der Waals surface area (Å²) < 4.78 is 5.21. The maximum absolute atomic E-state index is 12.2. The molecule has 1 saturated heterocycles.